The predicted octanol–water partition coefficient (Wildman–Crippen LogP) is 3.92. The second-order valence-corrected chi connectivity index (χ2v) is 7.50. The largest absolute Gasteiger partial charge is 0.469 e. The van der Waals surface area contributed by atoms with Crippen LogP contribution >= 0.6 is 11.8 Å². The smallest absolute Gasteiger partial charge is 0.253 e. The van der Waals surface area contributed by atoms with Crippen molar-refractivity contribution in [2.75, 3.05) is 0 Å². The molecule has 0 spiro atoms. The number of carbonyl (C=O) groups is 1. The average Bonchev–Trinajstić information content (AvgIpc) is 3.35. The van der Waals surface area contributed by atoms with Crippen molar-refractivity contribution in [1.29, 1.82) is 0 Å². The molecule has 4 aromatic rings. The highest BCUT2D eigenvalue weighted by Crippen LogP contribution is 2.32. The van der Waals surface area contributed by atoms with Crippen LogP contribution in [0.25, 0.3) is 5.78 Å². The Labute approximate surface area is 159 Å². The molecule has 0 N–H and O–H groups in total. The van der Waals surface area contributed by atoms with Crippen molar-refractivity contribution in [3.63, 3.8) is 0 Å². The SMILES string of the molecule is O=C1CC(c2ccco2)Cc2nc3nc(SCc4ccccc4)nn3cc21. The molecule has 1 aliphatic carbocycles. The van der Waals surface area contributed by atoms with Crippen molar-refractivity contribution in [2.24, 2.45) is 0 Å². The number of fused-ring (bicyclic) bond motifs is 2. The van der Waals surface area contributed by atoms with E-state index in [9.17, 15) is 4.79 Å². The van der Waals surface area contributed by atoms with Crippen LogP contribution in [0.5, 0.6) is 0 Å². The molecule has 1 aliphatic rings. The van der Waals surface area contributed by atoms with Crippen LogP contribution < -0.4 is 0 Å². The third kappa shape index (κ3) is 3.14. The summed E-state index contributed by atoms with van der Waals surface area (Å²) in [5, 5.41) is 5.13. The van der Waals surface area contributed by atoms with E-state index in [-0.39, 0.29) is 11.7 Å². The third-order valence-electron chi connectivity index (χ3n) is 4.72. The minimum absolute atomic E-state index is 0.0322. The Bertz CT molecular complexity index is 1110. The Balaban J connectivity index is 1.42. The molecule has 1 unspecified atom stereocenters. The molecule has 0 fully saturated rings. The number of ketones is 1. The van der Waals surface area contributed by atoms with Crippen LogP contribution in [-0.4, -0.2) is 25.4 Å². The first-order valence-electron chi connectivity index (χ1n) is 8.76. The molecule has 5 rings (SSSR count). The molecule has 0 saturated carbocycles. The summed E-state index contributed by atoms with van der Waals surface area (Å²) in [5.74, 6) is 2.25. The number of carbonyl (C=O) groups excluding carboxylic acids is 1. The summed E-state index contributed by atoms with van der Waals surface area (Å²) >= 11 is 1.56. The molecular formula is C20H16N4O2S. The van der Waals surface area contributed by atoms with Crippen molar-refractivity contribution in [1.82, 2.24) is 19.6 Å². The fourth-order valence-electron chi connectivity index (χ4n) is 3.37. The molecule has 0 amide bonds. The number of rotatable bonds is 4. The van der Waals surface area contributed by atoms with Crippen molar-refractivity contribution < 1.29 is 9.21 Å². The van der Waals surface area contributed by atoms with Crippen molar-refractivity contribution in [3.8, 4) is 0 Å². The number of hydrogen-bond acceptors (Lipinski definition) is 6. The number of Topliss-reactive ketones (excluding diaryl/α,β-unsaturated/α-hetero) is 1. The number of thioether (sulfide) groups is 1. The normalized spacial score (nSPS) is 16.6. The van der Waals surface area contributed by atoms with Gasteiger partial charge in [0.05, 0.1) is 17.5 Å². The molecule has 7 heteroatoms. The molecule has 134 valence electrons. The minimum atomic E-state index is 0.0322. The van der Waals surface area contributed by atoms with Gasteiger partial charge in [-0.3, -0.25) is 4.79 Å². The highest BCUT2D eigenvalue weighted by molar-refractivity contribution is 7.98. The van der Waals surface area contributed by atoms with E-state index in [1.54, 1.807) is 28.7 Å². The maximum absolute atomic E-state index is 12.6. The van der Waals surface area contributed by atoms with Crippen LogP contribution in [-0.2, 0) is 12.2 Å². The number of nitrogens with zero attached hydrogens (tertiary/aromatic N) is 4. The van der Waals surface area contributed by atoms with Crippen LogP contribution in [0.2, 0.25) is 0 Å². The summed E-state index contributed by atoms with van der Waals surface area (Å²) in [6, 6.07) is 13.9. The molecular weight excluding hydrogens is 360 g/mol. The Kier molecular flexibility index (Phi) is 4.01. The lowest BCUT2D eigenvalue weighted by Crippen LogP contribution is -2.21. The summed E-state index contributed by atoms with van der Waals surface area (Å²) < 4.78 is 7.09. The number of hydrogen-bond donors (Lipinski definition) is 0. The Morgan fingerprint density at radius 2 is 2.00 bits per heavy atom. The van der Waals surface area contributed by atoms with Crippen LogP contribution in [0.1, 0.15) is 39.7 Å². The lowest BCUT2D eigenvalue weighted by molar-refractivity contribution is 0.0958. The van der Waals surface area contributed by atoms with Gasteiger partial charge in [-0.05, 0) is 17.7 Å². The molecule has 0 saturated heterocycles. The van der Waals surface area contributed by atoms with E-state index >= 15 is 0 Å². The quantitative estimate of drug-likeness (QED) is 0.503. The molecule has 27 heavy (non-hydrogen) atoms. The van der Waals surface area contributed by atoms with E-state index < -0.39 is 0 Å². The second-order valence-electron chi connectivity index (χ2n) is 6.56. The summed E-state index contributed by atoms with van der Waals surface area (Å²) in [5.41, 5.74) is 2.62. The van der Waals surface area contributed by atoms with Crippen molar-refractivity contribution in [3.05, 3.63) is 77.5 Å². The van der Waals surface area contributed by atoms with Gasteiger partial charge in [-0.1, -0.05) is 42.1 Å². The van der Waals surface area contributed by atoms with Crippen LogP contribution in [0.15, 0.2) is 64.5 Å². The Morgan fingerprint density at radius 3 is 2.81 bits per heavy atom. The third-order valence-corrected chi connectivity index (χ3v) is 5.63. The molecule has 0 bridgehead atoms. The van der Waals surface area contributed by atoms with E-state index in [0.29, 0.717) is 29.3 Å². The number of aromatic nitrogens is 4. The van der Waals surface area contributed by atoms with E-state index in [4.69, 9.17) is 4.42 Å². The van der Waals surface area contributed by atoms with Gasteiger partial charge in [-0.2, -0.15) is 4.98 Å². The summed E-state index contributed by atoms with van der Waals surface area (Å²) in [6.45, 7) is 0. The Morgan fingerprint density at radius 1 is 1.11 bits per heavy atom. The average molecular weight is 376 g/mol. The standard InChI is InChI=1S/C20H16N4O2S/c25-17-10-14(18-7-4-8-26-18)9-16-15(17)11-24-19(21-16)22-20(23-24)27-12-13-5-2-1-3-6-13/h1-8,11,14H,9-10,12H2. The van der Waals surface area contributed by atoms with Gasteiger partial charge in [0, 0.05) is 30.7 Å². The van der Waals surface area contributed by atoms with E-state index in [0.717, 1.165) is 17.2 Å². The van der Waals surface area contributed by atoms with Gasteiger partial charge in [0.15, 0.2) is 5.78 Å². The summed E-state index contributed by atoms with van der Waals surface area (Å²) in [7, 11) is 0. The number of benzene rings is 1. The van der Waals surface area contributed by atoms with Gasteiger partial charge >= 0.3 is 0 Å². The molecule has 0 radical (unpaired) electrons. The van der Waals surface area contributed by atoms with Gasteiger partial charge in [-0.25, -0.2) is 9.50 Å². The fraction of sp³-hybridized carbons (Fsp3) is 0.200. The van der Waals surface area contributed by atoms with Gasteiger partial charge < -0.3 is 4.42 Å². The van der Waals surface area contributed by atoms with Gasteiger partial charge in [0.2, 0.25) is 5.16 Å². The topological polar surface area (TPSA) is 73.3 Å². The first-order valence-corrected chi connectivity index (χ1v) is 9.74. The van der Waals surface area contributed by atoms with Gasteiger partial charge in [-0.15, -0.1) is 5.10 Å². The molecule has 1 atom stereocenters. The molecule has 3 heterocycles. The lowest BCUT2D eigenvalue weighted by Gasteiger charge is -2.20. The highest BCUT2D eigenvalue weighted by Gasteiger charge is 2.30. The van der Waals surface area contributed by atoms with E-state index in [1.165, 1.54) is 5.56 Å². The zero-order valence-electron chi connectivity index (χ0n) is 14.4. The van der Waals surface area contributed by atoms with Crippen molar-refractivity contribution in [2.45, 2.75) is 29.7 Å². The van der Waals surface area contributed by atoms with E-state index in [2.05, 4.69) is 27.2 Å². The van der Waals surface area contributed by atoms with E-state index in [1.807, 2.05) is 30.3 Å². The summed E-state index contributed by atoms with van der Waals surface area (Å²) in [6.07, 6.45) is 4.50. The first kappa shape index (κ1) is 16.3. The zero-order valence-corrected chi connectivity index (χ0v) is 15.2. The maximum Gasteiger partial charge on any atom is 0.253 e. The van der Waals surface area contributed by atoms with Gasteiger partial charge in [0.25, 0.3) is 5.78 Å². The van der Waals surface area contributed by atoms with Crippen LogP contribution in [0.4, 0.5) is 0 Å². The fourth-order valence-corrected chi connectivity index (χ4v) is 4.15. The van der Waals surface area contributed by atoms with Crippen LogP contribution in [0, 0.1) is 0 Å². The number of furan rings is 1. The summed E-state index contributed by atoms with van der Waals surface area (Å²) in [4.78, 5) is 21.7. The zero-order chi connectivity index (χ0) is 18.2. The molecule has 0 aliphatic heterocycles. The maximum atomic E-state index is 12.6. The van der Waals surface area contributed by atoms with Gasteiger partial charge in [0.1, 0.15) is 5.76 Å². The minimum Gasteiger partial charge on any atom is -0.469 e. The lowest BCUT2D eigenvalue weighted by atomic mass is 9.85. The van der Waals surface area contributed by atoms with Crippen LogP contribution in [0.3, 0.4) is 0 Å². The second kappa shape index (κ2) is 6.66. The first-order chi connectivity index (χ1) is 13.3. The highest BCUT2D eigenvalue weighted by atomic mass is 32.2. The molecule has 3 aromatic heterocycles. The Hall–Kier alpha value is -2.93. The van der Waals surface area contributed by atoms with Crippen molar-refractivity contribution >= 4 is 23.3 Å². The predicted molar refractivity (Wildman–Crippen MR) is 101 cm³/mol. The molecule has 6 nitrogen and oxygen atoms in total. The molecule has 1 aromatic carbocycles. The monoisotopic (exact) mass is 376 g/mol.